The van der Waals surface area contributed by atoms with Crippen LogP contribution in [0.25, 0.3) is 0 Å². The Morgan fingerprint density at radius 3 is 2.69 bits per heavy atom. The third-order valence-electron chi connectivity index (χ3n) is 4.17. The number of benzene rings is 1. The zero-order chi connectivity index (χ0) is 19.1. The molecule has 0 aromatic heterocycles. The molecule has 0 radical (unpaired) electrons. The fraction of sp³-hybridized carbons (Fsp3) is 0.474. The van der Waals surface area contributed by atoms with Crippen LogP contribution < -0.4 is 21.5 Å². The van der Waals surface area contributed by atoms with Gasteiger partial charge in [0.05, 0.1) is 12.2 Å². The number of hydrogen-bond acceptors (Lipinski definition) is 6. The maximum atomic E-state index is 12.7. The molecule has 0 atom stereocenters. The van der Waals surface area contributed by atoms with Gasteiger partial charge in [0.1, 0.15) is 11.4 Å². The first kappa shape index (κ1) is 19.8. The number of amides is 1. The van der Waals surface area contributed by atoms with Crippen molar-refractivity contribution >= 4 is 11.7 Å². The van der Waals surface area contributed by atoms with Crippen molar-refractivity contribution in [2.75, 3.05) is 13.2 Å². The Balaban J connectivity index is 2.52. The van der Waals surface area contributed by atoms with Crippen LogP contribution in [0, 0.1) is 0 Å². The Kier molecular flexibility index (Phi) is 7.03. The number of amidine groups is 1. The van der Waals surface area contributed by atoms with Crippen LogP contribution in [0.1, 0.15) is 51.2 Å². The molecule has 0 aliphatic carbocycles. The lowest BCUT2D eigenvalue weighted by molar-refractivity contribution is -0.118. The van der Waals surface area contributed by atoms with E-state index in [-0.39, 0.29) is 5.91 Å². The summed E-state index contributed by atoms with van der Waals surface area (Å²) in [6, 6.07) is 5.67. The summed E-state index contributed by atoms with van der Waals surface area (Å²) in [4.78, 5) is 12.7. The first-order valence-electron chi connectivity index (χ1n) is 9.17. The second kappa shape index (κ2) is 9.24. The highest BCUT2D eigenvalue weighted by Gasteiger charge is 2.28. The van der Waals surface area contributed by atoms with Crippen LogP contribution in [0.15, 0.2) is 34.7 Å². The van der Waals surface area contributed by atoms with Crippen LogP contribution >= 0.6 is 0 Å². The Morgan fingerprint density at radius 1 is 1.31 bits per heavy atom. The summed E-state index contributed by atoms with van der Waals surface area (Å²) < 4.78 is 5.71. The number of hydrazone groups is 1. The van der Waals surface area contributed by atoms with Crippen LogP contribution in [0.3, 0.4) is 0 Å². The number of nitrogens with two attached hydrogens (primary N) is 2. The lowest BCUT2D eigenvalue weighted by atomic mass is 10.1. The molecule has 1 aromatic carbocycles. The maximum absolute atomic E-state index is 12.7. The number of rotatable bonds is 8. The SMILES string of the molecule is CCCCN1N=C(c2cc(CN)ccc2OCC)NC(=O)/C1=C(/N)CC. The zero-order valence-corrected chi connectivity index (χ0v) is 15.8. The number of hydrogen-bond donors (Lipinski definition) is 3. The largest absolute Gasteiger partial charge is 0.493 e. The van der Waals surface area contributed by atoms with E-state index in [4.69, 9.17) is 16.2 Å². The van der Waals surface area contributed by atoms with Crippen LogP contribution in [0.4, 0.5) is 0 Å². The van der Waals surface area contributed by atoms with Crippen LogP contribution in [0.5, 0.6) is 5.75 Å². The average molecular weight is 359 g/mol. The molecule has 0 fully saturated rings. The predicted molar refractivity (Wildman–Crippen MR) is 103 cm³/mol. The van der Waals surface area contributed by atoms with Crippen LogP contribution in [-0.4, -0.2) is 29.9 Å². The molecule has 0 unspecified atom stereocenters. The van der Waals surface area contributed by atoms with E-state index in [1.165, 1.54) is 0 Å². The molecule has 7 nitrogen and oxygen atoms in total. The highest BCUT2D eigenvalue weighted by atomic mass is 16.5. The molecule has 1 amide bonds. The van der Waals surface area contributed by atoms with Crippen molar-refractivity contribution in [3.8, 4) is 5.75 Å². The van der Waals surface area contributed by atoms with Gasteiger partial charge in [-0.25, -0.2) is 0 Å². The van der Waals surface area contributed by atoms with E-state index in [1.54, 1.807) is 5.01 Å². The summed E-state index contributed by atoms with van der Waals surface area (Å²) in [5.41, 5.74) is 14.5. The number of allylic oxidation sites excluding steroid dienone is 1. The van der Waals surface area contributed by atoms with Gasteiger partial charge in [-0.3, -0.25) is 9.80 Å². The molecule has 0 bridgehead atoms. The molecule has 5 N–H and O–H groups in total. The van der Waals surface area contributed by atoms with Crippen molar-refractivity contribution in [2.45, 2.75) is 46.6 Å². The summed E-state index contributed by atoms with van der Waals surface area (Å²) in [6.07, 6.45) is 2.49. The Hall–Kier alpha value is -2.54. The molecule has 0 spiro atoms. The van der Waals surface area contributed by atoms with Crippen molar-refractivity contribution in [1.82, 2.24) is 10.3 Å². The fourth-order valence-electron chi connectivity index (χ4n) is 2.72. The average Bonchev–Trinajstić information content (AvgIpc) is 2.65. The summed E-state index contributed by atoms with van der Waals surface area (Å²) in [6.45, 7) is 7.48. The molecule has 1 aliphatic heterocycles. The van der Waals surface area contributed by atoms with E-state index in [0.29, 0.717) is 49.1 Å². The van der Waals surface area contributed by atoms with Crippen molar-refractivity contribution in [3.05, 3.63) is 40.7 Å². The number of carbonyl (C=O) groups is 1. The topological polar surface area (TPSA) is 106 Å². The van der Waals surface area contributed by atoms with Crippen molar-refractivity contribution in [3.63, 3.8) is 0 Å². The molecule has 2 rings (SSSR count). The van der Waals surface area contributed by atoms with Gasteiger partial charge in [0, 0.05) is 18.8 Å². The maximum Gasteiger partial charge on any atom is 0.276 e. The molecular formula is C19H29N5O2. The molecule has 0 saturated carbocycles. The standard InChI is InChI=1S/C19H29N5O2/c1-4-7-10-24-17(15(21)5-2)19(25)22-18(23-24)14-11-13(12-20)8-9-16(14)26-6-3/h8-9,11H,4-7,10,12,20-21H2,1-3H3,(H,22,23,25)/b17-15-. The van der Waals surface area contributed by atoms with E-state index in [2.05, 4.69) is 17.3 Å². The summed E-state index contributed by atoms with van der Waals surface area (Å²) in [7, 11) is 0. The van der Waals surface area contributed by atoms with Gasteiger partial charge in [-0.1, -0.05) is 26.3 Å². The van der Waals surface area contributed by atoms with E-state index < -0.39 is 0 Å². The number of nitrogens with one attached hydrogen (secondary N) is 1. The molecule has 0 saturated heterocycles. The first-order valence-corrected chi connectivity index (χ1v) is 9.17. The molecular weight excluding hydrogens is 330 g/mol. The summed E-state index contributed by atoms with van der Waals surface area (Å²) in [5, 5.41) is 9.24. The number of nitrogens with zero attached hydrogens (tertiary/aromatic N) is 2. The van der Waals surface area contributed by atoms with Gasteiger partial charge in [0.25, 0.3) is 5.91 Å². The fourth-order valence-corrected chi connectivity index (χ4v) is 2.72. The lowest BCUT2D eigenvalue weighted by Gasteiger charge is -2.29. The van der Waals surface area contributed by atoms with Crippen molar-refractivity contribution in [1.29, 1.82) is 0 Å². The van der Waals surface area contributed by atoms with Gasteiger partial charge in [-0.15, -0.1) is 0 Å². The van der Waals surface area contributed by atoms with Gasteiger partial charge in [-0.05, 0) is 37.5 Å². The number of ether oxygens (including phenoxy) is 1. The van der Waals surface area contributed by atoms with Gasteiger partial charge < -0.3 is 21.5 Å². The van der Waals surface area contributed by atoms with Gasteiger partial charge in [0.15, 0.2) is 5.84 Å². The number of carbonyl (C=O) groups excluding carboxylic acids is 1. The monoisotopic (exact) mass is 359 g/mol. The van der Waals surface area contributed by atoms with Crippen LogP contribution in [0.2, 0.25) is 0 Å². The van der Waals surface area contributed by atoms with Gasteiger partial charge in [0.2, 0.25) is 0 Å². The van der Waals surface area contributed by atoms with Gasteiger partial charge in [-0.2, -0.15) is 5.10 Å². The molecule has 26 heavy (non-hydrogen) atoms. The highest BCUT2D eigenvalue weighted by Crippen LogP contribution is 2.24. The minimum absolute atomic E-state index is 0.244. The molecule has 142 valence electrons. The predicted octanol–water partition coefficient (Wildman–Crippen LogP) is 2.02. The second-order valence-electron chi connectivity index (χ2n) is 6.07. The Labute approximate surface area is 155 Å². The van der Waals surface area contributed by atoms with Crippen LogP contribution in [-0.2, 0) is 11.3 Å². The molecule has 7 heteroatoms. The zero-order valence-electron chi connectivity index (χ0n) is 15.8. The smallest absolute Gasteiger partial charge is 0.276 e. The third-order valence-corrected chi connectivity index (χ3v) is 4.17. The number of unbranched alkanes of at least 4 members (excludes halogenated alkanes) is 1. The second-order valence-corrected chi connectivity index (χ2v) is 6.07. The Morgan fingerprint density at radius 2 is 2.08 bits per heavy atom. The van der Waals surface area contributed by atoms with Crippen molar-refractivity contribution < 1.29 is 9.53 Å². The Bertz CT molecular complexity index is 712. The molecule has 1 heterocycles. The van der Waals surface area contributed by atoms with E-state index in [0.717, 1.165) is 24.0 Å². The molecule has 1 aromatic rings. The summed E-state index contributed by atoms with van der Waals surface area (Å²) in [5.74, 6) is 0.874. The van der Waals surface area contributed by atoms with E-state index >= 15 is 0 Å². The quantitative estimate of drug-likeness (QED) is 0.616. The molecule has 1 aliphatic rings. The highest BCUT2D eigenvalue weighted by molar-refractivity contribution is 6.15. The van der Waals surface area contributed by atoms with Gasteiger partial charge >= 0.3 is 0 Å². The first-order chi connectivity index (χ1) is 12.5. The van der Waals surface area contributed by atoms with E-state index in [1.807, 2.05) is 32.0 Å². The summed E-state index contributed by atoms with van der Waals surface area (Å²) >= 11 is 0. The van der Waals surface area contributed by atoms with Crippen molar-refractivity contribution in [2.24, 2.45) is 16.6 Å². The normalized spacial score (nSPS) is 16.2. The minimum Gasteiger partial charge on any atom is -0.493 e. The van der Waals surface area contributed by atoms with E-state index in [9.17, 15) is 4.79 Å². The minimum atomic E-state index is -0.244. The lowest BCUT2D eigenvalue weighted by Crippen LogP contribution is -2.45. The third kappa shape index (κ3) is 4.35.